The van der Waals surface area contributed by atoms with E-state index >= 15 is 0 Å². The van der Waals surface area contributed by atoms with Crippen LogP contribution in [0, 0.1) is 0 Å². The van der Waals surface area contributed by atoms with E-state index in [9.17, 15) is 4.79 Å². The number of aromatic amines is 1. The number of piperazine rings is 1. The van der Waals surface area contributed by atoms with E-state index in [0.29, 0.717) is 5.69 Å². The quantitative estimate of drug-likeness (QED) is 0.875. The molecule has 7 nitrogen and oxygen atoms in total. The zero-order valence-electron chi connectivity index (χ0n) is 16.0. The van der Waals surface area contributed by atoms with Gasteiger partial charge in [-0.1, -0.05) is 0 Å². The lowest BCUT2D eigenvalue weighted by Gasteiger charge is -2.35. The smallest absolute Gasteiger partial charge is 0.274 e. The number of carbonyl (C=O) groups excluding carboxylic acids is 1. The maximum atomic E-state index is 13.0. The molecule has 26 heavy (non-hydrogen) atoms. The number of likely N-dealkylation sites (tertiary alicyclic amines) is 1. The van der Waals surface area contributed by atoms with E-state index in [1.807, 2.05) is 11.8 Å². The summed E-state index contributed by atoms with van der Waals surface area (Å²) in [6.45, 7) is 12.4. The first-order valence-electron chi connectivity index (χ1n) is 10.1. The highest BCUT2D eigenvalue weighted by Crippen LogP contribution is 2.30. The molecular formula is C19H31N5O2. The maximum absolute atomic E-state index is 13.0. The van der Waals surface area contributed by atoms with Crippen molar-refractivity contribution < 1.29 is 9.53 Å². The third-order valence-corrected chi connectivity index (χ3v) is 6.03. The predicted octanol–water partition coefficient (Wildman–Crippen LogP) is 1.29. The summed E-state index contributed by atoms with van der Waals surface area (Å²) in [5.74, 6) is 0.0722. The van der Waals surface area contributed by atoms with Crippen LogP contribution in [0.4, 0.5) is 0 Å². The average Bonchev–Trinajstić information content (AvgIpc) is 3.29. The third kappa shape index (κ3) is 3.66. The van der Waals surface area contributed by atoms with Crippen molar-refractivity contribution in [2.75, 3.05) is 52.4 Å². The molecule has 0 unspecified atom stereocenters. The highest BCUT2D eigenvalue weighted by Gasteiger charge is 2.32. The molecule has 1 amide bonds. The lowest BCUT2D eigenvalue weighted by atomic mass is 9.99. The van der Waals surface area contributed by atoms with E-state index in [2.05, 4.69) is 26.9 Å². The molecule has 144 valence electrons. The fourth-order valence-corrected chi connectivity index (χ4v) is 4.46. The molecule has 1 aromatic rings. The summed E-state index contributed by atoms with van der Waals surface area (Å²) < 4.78 is 5.83. The Labute approximate surface area is 155 Å². The molecule has 4 heterocycles. The van der Waals surface area contributed by atoms with Gasteiger partial charge in [-0.15, -0.1) is 0 Å². The molecule has 7 heteroatoms. The van der Waals surface area contributed by atoms with Gasteiger partial charge < -0.3 is 14.5 Å². The van der Waals surface area contributed by atoms with Crippen molar-refractivity contribution >= 4 is 5.91 Å². The largest absolute Gasteiger partial charge is 0.369 e. The van der Waals surface area contributed by atoms with Crippen LogP contribution >= 0.6 is 0 Å². The SMILES string of the molecule is C[C@@H]1Cc2c(C(=O)N3CCN(CCN4CCCC4)CC3)n[nH]c2[C@H](C)O1. The second-order valence-electron chi connectivity index (χ2n) is 7.94. The van der Waals surface area contributed by atoms with E-state index in [0.717, 1.165) is 56.9 Å². The number of ether oxygens (including phenoxy) is 1. The van der Waals surface area contributed by atoms with Crippen molar-refractivity contribution in [1.29, 1.82) is 0 Å². The van der Waals surface area contributed by atoms with Crippen molar-refractivity contribution in [2.24, 2.45) is 0 Å². The molecule has 0 bridgehead atoms. The van der Waals surface area contributed by atoms with Crippen LogP contribution in [-0.2, 0) is 11.2 Å². The number of amides is 1. The van der Waals surface area contributed by atoms with Crippen molar-refractivity contribution in [3.63, 3.8) is 0 Å². The molecule has 0 aliphatic carbocycles. The standard InChI is InChI=1S/C19H31N5O2/c1-14-13-16-17(15(2)26-14)20-21-18(16)19(25)24-11-9-23(10-12-24)8-7-22-5-3-4-6-22/h14-15H,3-13H2,1-2H3,(H,20,21)/t14-,15+/m1/s1. The second-order valence-corrected chi connectivity index (χ2v) is 7.94. The van der Waals surface area contributed by atoms with Gasteiger partial charge in [0.2, 0.25) is 0 Å². The first-order chi connectivity index (χ1) is 12.6. The number of hydrogen-bond acceptors (Lipinski definition) is 5. The van der Waals surface area contributed by atoms with Gasteiger partial charge in [0, 0.05) is 51.3 Å². The van der Waals surface area contributed by atoms with Gasteiger partial charge in [-0.3, -0.25) is 14.8 Å². The van der Waals surface area contributed by atoms with Gasteiger partial charge in [-0.25, -0.2) is 0 Å². The van der Waals surface area contributed by atoms with Crippen molar-refractivity contribution in [1.82, 2.24) is 24.9 Å². The van der Waals surface area contributed by atoms with Gasteiger partial charge in [0.25, 0.3) is 5.91 Å². The summed E-state index contributed by atoms with van der Waals surface area (Å²) in [6.07, 6.45) is 3.55. The molecular weight excluding hydrogens is 330 g/mol. The van der Waals surface area contributed by atoms with E-state index in [4.69, 9.17) is 4.74 Å². The number of carbonyl (C=O) groups is 1. The third-order valence-electron chi connectivity index (χ3n) is 6.03. The van der Waals surface area contributed by atoms with Gasteiger partial charge >= 0.3 is 0 Å². The van der Waals surface area contributed by atoms with Gasteiger partial charge in [-0.2, -0.15) is 5.10 Å². The first kappa shape index (κ1) is 17.9. The number of nitrogens with one attached hydrogen (secondary N) is 1. The summed E-state index contributed by atoms with van der Waals surface area (Å²) in [7, 11) is 0. The first-order valence-corrected chi connectivity index (χ1v) is 10.1. The van der Waals surface area contributed by atoms with E-state index in [1.165, 1.54) is 25.9 Å². The number of hydrogen-bond donors (Lipinski definition) is 1. The van der Waals surface area contributed by atoms with Crippen molar-refractivity contribution in [2.45, 2.75) is 45.3 Å². The van der Waals surface area contributed by atoms with Gasteiger partial charge in [0.15, 0.2) is 5.69 Å². The number of fused-ring (bicyclic) bond motifs is 1. The Morgan fingerprint density at radius 2 is 1.73 bits per heavy atom. The van der Waals surface area contributed by atoms with E-state index < -0.39 is 0 Å². The molecule has 0 saturated carbocycles. The summed E-state index contributed by atoms with van der Waals surface area (Å²) >= 11 is 0. The van der Waals surface area contributed by atoms with E-state index in [1.54, 1.807) is 0 Å². The molecule has 2 saturated heterocycles. The Hall–Kier alpha value is -1.44. The monoisotopic (exact) mass is 361 g/mol. The molecule has 2 atom stereocenters. The molecule has 0 spiro atoms. The Morgan fingerprint density at radius 3 is 2.42 bits per heavy atom. The fourth-order valence-electron chi connectivity index (χ4n) is 4.46. The summed E-state index contributed by atoms with van der Waals surface area (Å²) in [4.78, 5) is 20.0. The minimum Gasteiger partial charge on any atom is -0.369 e. The number of rotatable bonds is 4. The van der Waals surface area contributed by atoms with Gasteiger partial charge in [0.1, 0.15) is 0 Å². The number of H-pyrrole nitrogens is 1. The van der Waals surface area contributed by atoms with Crippen molar-refractivity contribution in [3.8, 4) is 0 Å². The van der Waals surface area contributed by atoms with Crippen molar-refractivity contribution in [3.05, 3.63) is 17.0 Å². The van der Waals surface area contributed by atoms with Crippen LogP contribution in [0.2, 0.25) is 0 Å². The van der Waals surface area contributed by atoms with Crippen LogP contribution < -0.4 is 0 Å². The zero-order chi connectivity index (χ0) is 18.1. The summed E-state index contributed by atoms with van der Waals surface area (Å²) in [5, 5.41) is 7.39. The molecule has 4 rings (SSSR count). The molecule has 3 aliphatic heterocycles. The maximum Gasteiger partial charge on any atom is 0.274 e. The Bertz CT molecular complexity index is 632. The van der Waals surface area contributed by atoms with Crippen LogP contribution in [0.15, 0.2) is 0 Å². The summed E-state index contributed by atoms with van der Waals surface area (Å²) in [5.41, 5.74) is 2.63. The lowest BCUT2D eigenvalue weighted by Crippen LogP contribution is -2.50. The van der Waals surface area contributed by atoms with Gasteiger partial charge in [0.05, 0.1) is 17.9 Å². The average molecular weight is 361 g/mol. The molecule has 3 aliphatic rings. The minimum atomic E-state index is -0.0229. The predicted molar refractivity (Wildman–Crippen MR) is 99.3 cm³/mol. The molecule has 0 aromatic carbocycles. The molecule has 1 N–H and O–H groups in total. The summed E-state index contributed by atoms with van der Waals surface area (Å²) in [6, 6.07) is 0. The zero-order valence-corrected chi connectivity index (χ0v) is 16.0. The van der Waals surface area contributed by atoms with Crippen LogP contribution in [0.3, 0.4) is 0 Å². The second kappa shape index (κ2) is 7.66. The van der Waals surface area contributed by atoms with Crippen LogP contribution in [0.25, 0.3) is 0 Å². The van der Waals surface area contributed by atoms with Crippen LogP contribution in [0.5, 0.6) is 0 Å². The minimum absolute atomic E-state index is 0.0229. The fraction of sp³-hybridized carbons (Fsp3) is 0.789. The van der Waals surface area contributed by atoms with E-state index in [-0.39, 0.29) is 18.1 Å². The van der Waals surface area contributed by atoms with Crippen LogP contribution in [-0.4, -0.2) is 89.3 Å². The van der Waals surface area contributed by atoms with Gasteiger partial charge in [-0.05, 0) is 39.8 Å². The lowest BCUT2D eigenvalue weighted by molar-refractivity contribution is -0.00704. The number of aromatic nitrogens is 2. The Balaban J connectivity index is 1.32. The highest BCUT2D eigenvalue weighted by atomic mass is 16.5. The normalized spacial score (nSPS) is 27.7. The topological polar surface area (TPSA) is 64.7 Å². The highest BCUT2D eigenvalue weighted by molar-refractivity contribution is 5.94. The molecule has 2 fully saturated rings. The molecule has 1 aromatic heterocycles. The Morgan fingerprint density at radius 1 is 1.08 bits per heavy atom. The van der Waals surface area contributed by atoms with Crippen LogP contribution in [0.1, 0.15) is 54.5 Å². The Kier molecular flexibility index (Phi) is 5.29. The molecule has 0 radical (unpaired) electrons. The number of nitrogens with zero attached hydrogens (tertiary/aromatic N) is 4.